The first-order chi connectivity index (χ1) is 12.9. The Kier molecular flexibility index (Phi) is 5.27. The van der Waals surface area contributed by atoms with Crippen LogP contribution in [0.3, 0.4) is 0 Å². The summed E-state index contributed by atoms with van der Waals surface area (Å²) in [5, 5.41) is 14.4. The van der Waals surface area contributed by atoms with Crippen molar-refractivity contribution in [3.05, 3.63) is 47.9 Å². The van der Waals surface area contributed by atoms with Crippen LogP contribution in [0.15, 0.2) is 36.8 Å². The van der Waals surface area contributed by atoms with Crippen molar-refractivity contribution in [3.8, 4) is 5.69 Å². The zero-order valence-corrected chi connectivity index (χ0v) is 15.0. The first-order valence-corrected chi connectivity index (χ1v) is 8.34. The van der Waals surface area contributed by atoms with Crippen LogP contribution in [0.2, 0.25) is 0 Å². The van der Waals surface area contributed by atoms with E-state index in [1.165, 1.54) is 11.0 Å². The van der Waals surface area contributed by atoms with Crippen molar-refractivity contribution >= 4 is 23.4 Å². The van der Waals surface area contributed by atoms with Gasteiger partial charge in [-0.2, -0.15) is 20.0 Å². The molecule has 140 valence electrons. The monoisotopic (exact) mass is 367 g/mol. The number of carbonyl (C=O) groups excluding carboxylic acids is 1. The Balaban J connectivity index is 1.93. The number of amides is 1. The minimum atomic E-state index is -0.627. The van der Waals surface area contributed by atoms with Crippen LogP contribution < -0.4 is 22.1 Å². The summed E-state index contributed by atoms with van der Waals surface area (Å²) in [6.45, 7) is 4.30. The third kappa shape index (κ3) is 4.55. The van der Waals surface area contributed by atoms with Crippen molar-refractivity contribution in [2.45, 2.75) is 19.9 Å². The van der Waals surface area contributed by atoms with Gasteiger partial charge >= 0.3 is 0 Å². The zero-order valence-electron chi connectivity index (χ0n) is 15.0. The van der Waals surface area contributed by atoms with Crippen LogP contribution in [0.25, 0.3) is 5.69 Å². The average molecular weight is 367 g/mol. The van der Waals surface area contributed by atoms with Gasteiger partial charge in [-0.25, -0.2) is 4.98 Å². The maximum absolute atomic E-state index is 11.7. The van der Waals surface area contributed by atoms with Crippen molar-refractivity contribution < 1.29 is 4.79 Å². The summed E-state index contributed by atoms with van der Waals surface area (Å²) < 4.78 is 0. The number of benzene rings is 1. The quantitative estimate of drug-likeness (QED) is 0.482. The van der Waals surface area contributed by atoms with Crippen LogP contribution >= 0.6 is 0 Å². The number of primary amides is 1. The van der Waals surface area contributed by atoms with E-state index < -0.39 is 5.91 Å². The Hall–Kier alpha value is -3.53. The van der Waals surface area contributed by atoms with Gasteiger partial charge in [0, 0.05) is 24.5 Å². The summed E-state index contributed by atoms with van der Waals surface area (Å²) >= 11 is 0. The number of rotatable bonds is 7. The molecule has 2 aromatic heterocycles. The fourth-order valence-electron chi connectivity index (χ4n) is 2.43. The van der Waals surface area contributed by atoms with E-state index in [0.29, 0.717) is 24.0 Å². The summed E-state index contributed by atoms with van der Waals surface area (Å²) in [4.78, 5) is 21.7. The van der Waals surface area contributed by atoms with Gasteiger partial charge in [0.1, 0.15) is 11.4 Å². The molecular weight excluding hydrogens is 346 g/mol. The van der Waals surface area contributed by atoms with Gasteiger partial charge in [-0.1, -0.05) is 0 Å². The van der Waals surface area contributed by atoms with Crippen LogP contribution in [0.1, 0.15) is 22.8 Å². The standard InChI is InChI=1S/C17H21N9O/c1-10-5-12(7-13(6-10)26-22-3-4-23-26)24-16-14(15(19)27)9-21-17(25-16)20-8-11(2)18/h3-7,9,11H,8,18H2,1-2H3,(H2,19,27)(H2,20,21,24,25). The third-order valence-electron chi connectivity index (χ3n) is 3.61. The normalized spacial score (nSPS) is 11.8. The Labute approximate surface area is 156 Å². The van der Waals surface area contributed by atoms with E-state index in [-0.39, 0.29) is 11.6 Å². The Morgan fingerprint density at radius 1 is 1.26 bits per heavy atom. The number of nitrogens with two attached hydrogens (primary N) is 2. The number of aromatic nitrogens is 5. The Morgan fingerprint density at radius 3 is 2.67 bits per heavy atom. The summed E-state index contributed by atoms with van der Waals surface area (Å²) in [5.74, 6) is 0.0222. The van der Waals surface area contributed by atoms with Crippen molar-refractivity contribution in [1.29, 1.82) is 0 Å². The predicted molar refractivity (Wildman–Crippen MR) is 102 cm³/mol. The van der Waals surface area contributed by atoms with Crippen LogP contribution in [0, 0.1) is 6.92 Å². The molecule has 2 heterocycles. The van der Waals surface area contributed by atoms with Gasteiger partial charge in [0.2, 0.25) is 5.95 Å². The first-order valence-electron chi connectivity index (χ1n) is 8.34. The number of hydrogen-bond acceptors (Lipinski definition) is 8. The molecule has 1 atom stereocenters. The highest BCUT2D eigenvalue weighted by Crippen LogP contribution is 2.23. The highest BCUT2D eigenvalue weighted by atomic mass is 16.1. The molecule has 3 rings (SSSR count). The molecule has 6 N–H and O–H groups in total. The van der Waals surface area contributed by atoms with E-state index in [4.69, 9.17) is 11.5 Å². The van der Waals surface area contributed by atoms with Crippen LogP contribution in [0.4, 0.5) is 17.5 Å². The Bertz CT molecular complexity index is 938. The molecule has 0 aliphatic rings. The largest absolute Gasteiger partial charge is 0.365 e. The van der Waals surface area contributed by atoms with Crippen LogP contribution in [0.5, 0.6) is 0 Å². The second kappa shape index (κ2) is 7.79. The molecule has 1 unspecified atom stereocenters. The van der Waals surface area contributed by atoms with Crippen molar-refractivity contribution in [1.82, 2.24) is 25.0 Å². The summed E-state index contributed by atoms with van der Waals surface area (Å²) in [5.41, 5.74) is 13.8. The zero-order chi connectivity index (χ0) is 19.4. The van der Waals surface area contributed by atoms with E-state index in [1.54, 1.807) is 12.4 Å². The van der Waals surface area contributed by atoms with E-state index in [9.17, 15) is 4.79 Å². The maximum atomic E-state index is 11.7. The lowest BCUT2D eigenvalue weighted by Gasteiger charge is -2.13. The fraction of sp³-hybridized carbons (Fsp3) is 0.235. The van der Waals surface area contributed by atoms with Crippen molar-refractivity contribution in [3.63, 3.8) is 0 Å². The molecule has 10 heteroatoms. The molecule has 0 aliphatic carbocycles. The molecule has 0 bridgehead atoms. The summed E-state index contributed by atoms with van der Waals surface area (Å²) in [6.07, 6.45) is 4.58. The van der Waals surface area contributed by atoms with Gasteiger partial charge in [-0.15, -0.1) is 0 Å². The van der Waals surface area contributed by atoms with Gasteiger partial charge in [-0.3, -0.25) is 4.79 Å². The molecule has 10 nitrogen and oxygen atoms in total. The topological polar surface area (TPSA) is 150 Å². The Morgan fingerprint density at radius 2 is 2.00 bits per heavy atom. The number of nitrogens with one attached hydrogen (secondary N) is 2. The highest BCUT2D eigenvalue weighted by Gasteiger charge is 2.13. The maximum Gasteiger partial charge on any atom is 0.254 e. The number of nitrogens with zero attached hydrogens (tertiary/aromatic N) is 5. The number of carbonyl (C=O) groups is 1. The van der Waals surface area contributed by atoms with Crippen molar-refractivity contribution in [2.24, 2.45) is 11.5 Å². The minimum absolute atomic E-state index is 0.0678. The summed E-state index contributed by atoms with van der Waals surface area (Å²) in [7, 11) is 0. The molecule has 0 saturated carbocycles. The van der Waals surface area contributed by atoms with Gasteiger partial charge in [-0.05, 0) is 37.6 Å². The van der Waals surface area contributed by atoms with Crippen molar-refractivity contribution in [2.75, 3.05) is 17.2 Å². The molecule has 1 aromatic carbocycles. The van der Waals surface area contributed by atoms with Crippen LogP contribution in [-0.2, 0) is 0 Å². The minimum Gasteiger partial charge on any atom is -0.365 e. The molecule has 27 heavy (non-hydrogen) atoms. The fourth-order valence-corrected chi connectivity index (χ4v) is 2.43. The second-order valence-electron chi connectivity index (χ2n) is 6.18. The molecule has 0 radical (unpaired) electrons. The summed E-state index contributed by atoms with van der Waals surface area (Å²) in [6, 6.07) is 5.63. The average Bonchev–Trinajstić information content (AvgIpc) is 3.14. The lowest BCUT2D eigenvalue weighted by Crippen LogP contribution is -2.26. The number of anilines is 3. The molecular formula is C17H21N9O. The third-order valence-corrected chi connectivity index (χ3v) is 3.61. The molecule has 3 aromatic rings. The molecule has 1 amide bonds. The van der Waals surface area contributed by atoms with Gasteiger partial charge in [0.15, 0.2) is 0 Å². The molecule has 0 aliphatic heterocycles. The van der Waals surface area contributed by atoms with Gasteiger partial charge in [0.05, 0.1) is 18.1 Å². The highest BCUT2D eigenvalue weighted by molar-refractivity contribution is 5.98. The molecule has 0 fully saturated rings. The van der Waals surface area contributed by atoms with E-state index in [2.05, 4.69) is 30.8 Å². The van der Waals surface area contributed by atoms with Crippen LogP contribution in [-0.4, -0.2) is 43.5 Å². The second-order valence-corrected chi connectivity index (χ2v) is 6.18. The number of aryl methyl sites for hydroxylation is 1. The van der Waals surface area contributed by atoms with E-state index in [0.717, 1.165) is 11.3 Å². The van der Waals surface area contributed by atoms with Gasteiger partial charge in [0.25, 0.3) is 5.91 Å². The van der Waals surface area contributed by atoms with E-state index >= 15 is 0 Å². The molecule has 0 saturated heterocycles. The first kappa shape index (κ1) is 18.3. The number of hydrogen-bond donors (Lipinski definition) is 4. The SMILES string of the molecule is Cc1cc(Nc2nc(NCC(C)N)ncc2C(N)=O)cc(-n2nccn2)c1. The smallest absolute Gasteiger partial charge is 0.254 e. The molecule has 0 spiro atoms. The lowest BCUT2D eigenvalue weighted by molar-refractivity contribution is 0.100. The van der Waals surface area contributed by atoms with Gasteiger partial charge < -0.3 is 22.1 Å². The lowest BCUT2D eigenvalue weighted by atomic mass is 10.2. The van der Waals surface area contributed by atoms with E-state index in [1.807, 2.05) is 32.0 Å². The predicted octanol–water partition coefficient (Wildman–Crippen LogP) is 0.967.